The molecule has 2 aromatic rings. The molecule has 0 saturated carbocycles. The van der Waals surface area contributed by atoms with Crippen molar-refractivity contribution in [2.45, 2.75) is 39.7 Å². The fraction of sp³-hybridized carbons (Fsp3) is 0.529. The van der Waals surface area contributed by atoms with Crippen molar-refractivity contribution in [3.63, 3.8) is 0 Å². The zero-order valence-electron chi connectivity index (χ0n) is 13.8. The van der Waals surface area contributed by atoms with Gasteiger partial charge in [0.15, 0.2) is 5.82 Å². The highest BCUT2D eigenvalue weighted by Crippen LogP contribution is 2.15. The van der Waals surface area contributed by atoms with E-state index in [2.05, 4.69) is 36.2 Å². The molecule has 0 aliphatic heterocycles. The maximum atomic E-state index is 5.67. The minimum atomic E-state index is 0.336. The zero-order chi connectivity index (χ0) is 15.9. The van der Waals surface area contributed by atoms with Gasteiger partial charge in [-0.1, -0.05) is 31.1 Å². The van der Waals surface area contributed by atoms with E-state index in [0.717, 1.165) is 30.2 Å². The number of hydrogen-bond acceptors (Lipinski definition) is 5. The van der Waals surface area contributed by atoms with Crippen LogP contribution in [0.15, 0.2) is 28.8 Å². The van der Waals surface area contributed by atoms with Crippen LogP contribution in [-0.4, -0.2) is 29.8 Å². The number of nitrogens with zero attached hydrogens (tertiary/aromatic N) is 2. The number of likely N-dealkylation sites (N-methyl/N-ethyl adjacent to an activating group) is 1. The largest absolute Gasteiger partial charge is 0.493 e. The summed E-state index contributed by atoms with van der Waals surface area (Å²) in [5, 5.41) is 7.18. The number of rotatable bonds is 8. The molecule has 0 aliphatic carbocycles. The fourth-order valence-electron chi connectivity index (χ4n) is 1.96. The predicted octanol–water partition coefficient (Wildman–Crippen LogP) is 2.85. The van der Waals surface area contributed by atoms with Crippen molar-refractivity contribution in [2.75, 3.05) is 13.7 Å². The summed E-state index contributed by atoms with van der Waals surface area (Å²) in [6.45, 7) is 7.09. The average molecular weight is 303 g/mol. The Labute approximate surface area is 132 Å². The Morgan fingerprint density at radius 3 is 2.55 bits per heavy atom. The van der Waals surface area contributed by atoms with E-state index in [0.29, 0.717) is 24.3 Å². The van der Waals surface area contributed by atoms with Crippen LogP contribution < -0.4 is 10.1 Å². The molecule has 5 heteroatoms. The number of hydrogen-bond donors (Lipinski definition) is 1. The van der Waals surface area contributed by atoms with Crippen LogP contribution in [0.5, 0.6) is 5.75 Å². The summed E-state index contributed by atoms with van der Waals surface area (Å²) in [6.07, 6.45) is 1.41. The second kappa shape index (κ2) is 7.94. The van der Waals surface area contributed by atoms with Crippen LogP contribution in [0, 0.1) is 5.92 Å². The Balaban J connectivity index is 1.90. The molecular formula is C17H25N3O2. The van der Waals surface area contributed by atoms with Gasteiger partial charge in [0, 0.05) is 12.5 Å². The smallest absolute Gasteiger partial charge is 0.231 e. The Kier molecular flexibility index (Phi) is 5.95. The summed E-state index contributed by atoms with van der Waals surface area (Å²) in [6, 6.07) is 8.38. The van der Waals surface area contributed by atoms with Crippen molar-refractivity contribution in [3.8, 4) is 5.75 Å². The van der Waals surface area contributed by atoms with Crippen molar-refractivity contribution in [3.05, 3.63) is 41.5 Å². The SMILES string of the molecule is CNC(C)Cc1noc(Cc2ccc(OCC(C)C)cc2)n1. The standard InChI is InChI=1S/C17H25N3O2/c1-12(2)11-21-15-7-5-14(6-8-15)10-17-19-16(20-22-17)9-13(3)18-4/h5-8,12-13,18H,9-11H2,1-4H3. The van der Waals surface area contributed by atoms with Gasteiger partial charge in [-0.2, -0.15) is 4.98 Å². The third-order valence-corrected chi connectivity index (χ3v) is 3.35. The van der Waals surface area contributed by atoms with E-state index >= 15 is 0 Å². The molecular weight excluding hydrogens is 278 g/mol. The highest BCUT2D eigenvalue weighted by Gasteiger charge is 2.10. The zero-order valence-corrected chi connectivity index (χ0v) is 13.8. The lowest BCUT2D eigenvalue weighted by molar-refractivity contribution is 0.271. The van der Waals surface area contributed by atoms with E-state index in [4.69, 9.17) is 9.26 Å². The van der Waals surface area contributed by atoms with E-state index in [1.54, 1.807) is 0 Å². The third kappa shape index (κ3) is 5.15. The summed E-state index contributed by atoms with van der Waals surface area (Å²) >= 11 is 0. The van der Waals surface area contributed by atoms with E-state index in [1.807, 2.05) is 31.3 Å². The minimum absolute atomic E-state index is 0.336. The molecule has 2 rings (SSSR count). The Morgan fingerprint density at radius 2 is 1.91 bits per heavy atom. The molecule has 1 heterocycles. The molecule has 0 bridgehead atoms. The summed E-state index contributed by atoms with van der Waals surface area (Å²) < 4.78 is 11.0. The monoisotopic (exact) mass is 303 g/mol. The first kappa shape index (κ1) is 16.5. The molecule has 120 valence electrons. The molecule has 0 aliphatic rings. The van der Waals surface area contributed by atoms with Gasteiger partial charge in [0.25, 0.3) is 0 Å². The van der Waals surface area contributed by atoms with Crippen LogP contribution >= 0.6 is 0 Å². The molecule has 1 atom stereocenters. The van der Waals surface area contributed by atoms with Crippen LogP contribution in [-0.2, 0) is 12.8 Å². The van der Waals surface area contributed by atoms with Gasteiger partial charge in [0.2, 0.25) is 5.89 Å². The summed E-state index contributed by atoms with van der Waals surface area (Å²) in [7, 11) is 1.93. The van der Waals surface area contributed by atoms with E-state index in [1.165, 1.54) is 0 Å². The van der Waals surface area contributed by atoms with E-state index in [-0.39, 0.29) is 0 Å². The second-order valence-corrected chi connectivity index (χ2v) is 6.02. The number of ether oxygens (including phenoxy) is 1. The van der Waals surface area contributed by atoms with Crippen molar-refractivity contribution >= 4 is 0 Å². The summed E-state index contributed by atoms with van der Waals surface area (Å²) in [4.78, 5) is 4.43. The van der Waals surface area contributed by atoms with Gasteiger partial charge in [-0.25, -0.2) is 0 Å². The molecule has 0 spiro atoms. The van der Waals surface area contributed by atoms with Gasteiger partial charge < -0.3 is 14.6 Å². The fourth-order valence-corrected chi connectivity index (χ4v) is 1.96. The lowest BCUT2D eigenvalue weighted by atomic mass is 10.1. The lowest BCUT2D eigenvalue weighted by Gasteiger charge is -2.08. The highest BCUT2D eigenvalue weighted by atomic mass is 16.5. The maximum Gasteiger partial charge on any atom is 0.231 e. The quantitative estimate of drug-likeness (QED) is 0.812. The van der Waals surface area contributed by atoms with E-state index < -0.39 is 0 Å². The van der Waals surface area contributed by atoms with Gasteiger partial charge >= 0.3 is 0 Å². The van der Waals surface area contributed by atoms with Crippen molar-refractivity contribution in [1.29, 1.82) is 0 Å². The van der Waals surface area contributed by atoms with Crippen molar-refractivity contribution < 1.29 is 9.26 Å². The summed E-state index contributed by atoms with van der Waals surface area (Å²) in [5.41, 5.74) is 1.13. The molecule has 0 amide bonds. The molecule has 1 N–H and O–H groups in total. The first-order valence-electron chi connectivity index (χ1n) is 7.77. The molecule has 1 aromatic heterocycles. The molecule has 0 radical (unpaired) electrons. The van der Waals surface area contributed by atoms with Crippen LogP contribution in [0.3, 0.4) is 0 Å². The first-order chi connectivity index (χ1) is 10.6. The Morgan fingerprint density at radius 1 is 1.18 bits per heavy atom. The van der Waals surface area contributed by atoms with Gasteiger partial charge in [0.1, 0.15) is 5.75 Å². The number of aromatic nitrogens is 2. The number of nitrogens with one attached hydrogen (secondary N) is 1. The maximum absolute atomic E-state index is 5.67. The van der Waals surface area contributed by atoms with Crippen LogP contribution in [0.2, 0.25) is 0 Å². The normalized spacial score (nSPS) is 12.6. The van der Waals surface area contributed by atoms with Crippen LogP contribution in [0.4, 0.5) is 0 Å². The third-order valence-electron chi connectivity index (χ3n) is 3.35. The first-order valence-corrected chi connectivity index (χ1v) is 7.77. The number of benzene rings is 1. The second-order valence-electron chi connectivity index (χ2n) is 6.02. The molecule has 1 unspecified atom stereocenters. The van der Waals surface area contributed by atoms with Crippen LogP contribution in [0.1, 0.15) is 38.0 Å². The van der Waals surface area contributed by atoms with Crippen molar-refractivity contribution in [1.82, 2.24) is 15.5 Å². The molecule has 1 aromatic carbocycles. The van der Waals surface area contributed by atoms with Crippen molar-refractivity contribution in [2.24, 2.45) is 5.92 Å². The van der Waals surface area contributed by atoms with Gasteiger partial charge in [-0.15, -0.1) is 0 Å². The average Bonchev–Trinajstić information content (AvgIpc) is 2.93. The summed E-state index contributed by atoms with van der Waals surface area (Å²) in [5.74, 6) is 2.81. The lowest BCUT2D eigenvalue weighted by Crippen LogP contribution is -2.24. The molecule has 5 nitrogen and oxygen atoms in total. The topological polar surface area (TPSA) is 60.2 Å². The molecule has 22 heavy (non-hydrogen) atoms. The molecule has 0 fully saturated rings. The van der Waals surface area contributed by atoms with E-state index in [9.17, 15) is 0 Å². The van der Waals surface area contributed by atoms with Gasteiger partial charge in [-0.05, 0) is 37.6 Å². The molecule has 0 saturated heterocycles. The Bertz CT molecular complexity index is 564. The van der Waals surface area contributed by atoms with Gasteiger partial charge in [0.05, 0.1) is 13.0 Å². The van der Waals surface area contributed by atoms with Crippen LogP contribution in [0.25, 0.3) is 0 Å². The predicted molar refractivity (Wildman–Crippen MR) is 86.1 cm³/mol. The highest BCUT2D eigenvalue weighted by molar-refractivity contribution is 5.28. The minimum Gasteiger partial charge on any atom is -0.493 e. The van der Waals surface area contributed by atoms with Gasteiger partial charge in [-0.3, -0.25) is 0 Å². The Hall–Kier alpha value is -1.88.